The van der Waals surface area contributed by atoms with Crippen molar-refractivity contribution in [3.8, 4) is 0 Å². The number of hydrogen-bond donors (Lipinski definition) is 1. The van der Waals surface area contributed by atoms with Crippen molar-refractivity contribution in [3.05, 3.63) is 24.3 Å². The average molecular weight is 240 g/mol. The maximum atomic E-state index is 6.07. The van der Waals surface area contributed by atoms with E-state index in [0.29, 0.717) is 0 Å². The first kappa shape index (κ1) is 12.8. The van der Waals surface area contributed by atoms with Gasteiger partial charge in [0.25, 0.3) is 0 Å². The molecule has 1 rings (SSSR count). The molecule has 0 atom stereocenters. The van der Waals surface area contributed by atoms with Crippen molar-refractivity contribution >= 4 is 26.1 Å². The second-order valence-electron chi connectivity index (χ2n) is 3.68. The Kier molecular flexibility index (Phi) is 4.89. The summed E-state index contributed by atoms with van der Waals surface area (Å²) >= 11 is 4.40. The van der Waals surface area contributed by atoms with Crippen molar-refractivity contribution in [1.82, 2.24) is 0 Å². The minimum Gasteiger partial charge on any atom is -0.413 e. The molecular weight excluding hydrogens is 220 g/mol. The van der Waals surface area contributed by atoms with E-state index in [9.17, 15) is 0 Å². The molecule has 0 fully saturated rings. The summed E-state index contributed by atoms with van der Waals surface area (Å²) in [5.74, 6) is 0. The van der Waals surface area contributed by atoms with Crippen LogP contribution in [-0.4, -0.2) is 14.9 Å². The number of rotatable bonds is 5. The highest BCUT2D eigenvalue weighted by atomic mass is 32.1. The maximum absolute atomic E-state index is 6.07. The van der Waals surface area contributed by atoms with Crippen LogP contribution >= 0.6 is 12.6 Å². The molecule has 3 heteroatoms. The Hall–Kier alpha value is -0.253. The van der Waals surface area contributed by atoms with Gasteiger partial charge < -0.3 is 4.43 Å². The fraction of sp³-hybridized carbons (Fsp3) is 0.500. The van der Waals surface area contributed by atoms with Crippen LogP contribution in [-0.2, 0) is 4.43 Å². The van der Waals surface area contributed by atoms with Crippen LogP contribution in [0.4, 0.5) is 0 Å². The highest BCUT2D eigenvalue weighted by Crippen LogP contribution is 2.18. The highest BCUT2D eigenvalue weighted by molar-refractivity contribution is 7.80. The van der Waals surface area contributed by atoms with E-state index in [-0.39, 0.29) is 0 Å². The van der Waals surface area contributed by atoms with Gasteiger partial charge in [-0.2, -0.15) is 0 Å². The van der Waals surface area contributed by atoms with Crippen LogP contribution in [0.5, 0.6) is 0 Å². The Balaban J connectivity index is 3.07. The molecule has 1 nitrogen and oxygen atoms in total. The monoisotopic (exact) mass is 240 g/mol. The Morgan fingerprint density at radius 3 is 2.33 bits per heavy atom. The Labute approximate surface area is 99.4 Å². The van der Waals surface area contributed by atoms with Crippen molar-refractivity contribution in [2.75, 3.05) is 6.61 Å². The summed E-state index contributed by atoms with van der Waals surface area (Å²) < 4.78 is 6.07. The van der Waals surface area contributed by atoms with E-state index in [1.54, 1.807) is 0 Å². The minimum atomic E-state index is -1.70. The molecule has 15 heavy (non-hydrogen) atoms. The van der Waals surface area contributed by atoms with Gasteiger partial charge in [0.2, 0.25) is 8.32 Å². The SMILES string of the molecule is CCO[Si](CC)(CC)c1cccc(S)c1. The normalized spacial score (nSPS) is 11.7. The van der Waals surface area contributed by atoms with E-state index in [1.165, 1.54) is 5.19 Å². The molecule has 0 bridgehead atoms. The summed E-state index contributed by atoms with van der Waals surface area (Å²) in [5, 5.41) is 1.38. The molecular formula is C12H20OSSi. The second-order valence-corrected chi connectivity index (χ2v) is 8.47. The summed E-state index contributed by atoms with van der Waals surface area (Å²) in [6, 6.07) is 10.7. The molecule has 0 aliphatic carbocycles. The van der Waals surface area contributed by atoms with Crippen LogP contribution in [0.25, 0.3) is 0 Å². The lowest BCUT2D eigenvalue weighted by Crippen LogP contribution is -2.49. The van der Waals surface area contributed by atoms with Crippen molar-refractivity contribution in [2.45, 2.75) is 37.8 Å². The molecule has 1 aromatic carbocycles. The lowest BCUT2D eigenvalue weighted by atomic mass is 10.4. The highest BCUT2D eigenvalue weighted by Gasteiger charge is 2.32. The Bertz CT molecular complexity index is 310. The lowest BCUT2D eigenvalue weighted by molar-refractivity contribution is 0.330. The van der Waals surface area contributed by atoms with Crippen LogP contribution in [0, 0.1) is 0 Å². The molecule has 0 aliphatic heterocycles. The molecule has 0 unspecified atom stereocenters. The van der Waals surface area contributed by atoms with Gasteiger partial charge in [-0.25, -0.2) is 0 Å². The first-order chi connectivity index (χ1) is 7.18. The molecule has 0 saturated carbocycles. The van der Waals surface area contributed by atoms with Gasteiger partial charge in [-0.1, -0.05) is 26.0 Å². The standard InChI is InChI=1S/C12H20OSSi/c1-4-13-15(5-2,6-3)12-9-7-8-11(14)10-12/h7-10,14H,4-6H2,1-3H3. The second kappa shape index (κ2) is 5.73. The number of hydrogen-bond acceptors (Lipinski definition) is 2. The maximum Gasteiger partial charge on any atom is 0.223 e. The molecule has 1 aromatic rings. The van der Waals surface area contributed by atoms with Crippen molar-refractivity contribution < 1.29 is 4.43 Å². The van der Waals surface area contributed by atoms with E-state index >= 15 is 0 Å². The van der Waals surface area contributed by atoms with Gasteiger partial charge in [0, 0.05) is 11.5 Å². The number of thiol groups is 1. The Morgan fingerprint density at radius 2 is 1.87 bits per heavy atom. The van der Waals surface area contributed by atoms with Crippen LogP contribution in [0.2, 0.25) is 12.1 Å². The van der Waals surface area contributed by atoms with E-state index < -0.39 is 8.32 Å². The van der Waals surface area contributed by atoms with Crippen molar-refractivity contribution in [3.63, 3.8) is 0 Å². The number of benzene rings is 1. The molecule has 0 radical (unpaired) electrons. The van der Waals surface area contributed by atoms with Gasteiger partial charge in [-0.15, -0.1) is 12.6 Å². The average Bonchev–Trinajstić information content (AvgIpc) is 2.26. The molecule has 0 saturated heterocycles. The van der Waals surface area contributed by atoms with Crippen LogP contribution in [0.1, 0.15) is 20.8 Å². The van der Waals surface area contributed by atoms with E-state index in [0.717, 1.165) is 23.6 Å². The van der Waals surface area contributed by atoms with Gasteiger partial charge >= 0.3 is 0 Å². The largest absolute Gasteiger partial charge is 0.413 e. The van der Waals surface area contributed by atoms with Crippen molar-refractivity contribution in [1.29, 1.82) is 0 Å². The summed E-state index contributed by atoms with van der Waals surface area (Å²) in [7, 11) is -1.70. The first-order valence-electron chi connectivity index (χ1n) is 5.62. The zero-order chi connectivity index (χ0) is 11.3. The van der Waals surface area contributed by atoms with E-state index in [1.807, 2.05) is 6.07 Å². The van der Waals surface area contributed by atoms with Gasteiger partial charge in [0.1, 0.15) is 0 Å². The van der Waals surface area contributed by atoms with E-state index in [2.05, 4.69) is 51.6 Å². The third-order valence-corrected chi connectivity index (χ3v) is 7.70. The smallest absolute Gasteiger partial charge is 0.223 e. The fourth-order valence-corrected chi connectivity index (χ4v) is 5.62. The summed E-state index contributed by atoms with van der Waals surface area (Å²) in [5.41, 5.74) is 0. The fourth-order valence-electron chi connectivity index (χ4n) is 2.01. The molecule has 0 N–H and O–H groups in total. The third-order valence-electron chi connectivity index (χ3n) is 2.94. The molecule has 0 spiro atoms. The molecule has 0 aromatic heterocycles. The summed E-state index contributed by atoms with van der Waals surface area (Å²) in [4.78, 5) is 1.03. The first-order valence-corrected chi connectivity index (χ1v) is 8.39. The predicted molar refractivity (Wildman–Crippen MR) is 71.7 cm³/mol. The van der Waals surface area contributed by atoms with Gasteiger partial charge in [-0.05, 0) is 36.3 Å². The molecule has 84 valence electrons. The topological polar surface area (TPSA) is 9.23 Å². The van der Waals surface area contributed by atoms with Crippen LogP contribution < -0.4 is 5.19 Å². The van der Waals surface area contributed by atoms with Gasteiger partial charge in [-0.3, -0.25) is 0 Å². The molecule has 0 aliphatic rings. The zero-order valence-electron chi connectivity index (χ0n) is 9.79. The molecule has 0 amide bonds. The zero-order valence-corrected chi connectivity index (χ0v) is 11.7. The van der Waals surface area contributed by atoms with Crippen LogP contribution in [0.15, 0.2) is 29.2 Å². The van der Waals surface area contributed by atoms with Gasteiger partial charge in [0.05, 0.1) is 0 Å². The quantitative estimate of drug-likeness (QED) is 0.614. The predicted octanol–water partition coefficient (Wildman–Crippen LogP) is 3.20. The van der Waals surface area contributed by atoms with Crippen molar-refractivity contribution in [2.24, 2.45) is 0 Å². The van der Waals surface area contributed by atoms with Gasteiger partial charge in [0.15, 0.2) is 0 Å². The molecule has 0 heterocycles. The third kappa shape index (κ3) is 2.86. The van der Waals surface area contributed by atoms with E-state index in [4.69, 9.17) is 4.43 Å². The van der Waals surface area contributed by atoms with Crippen LogP contribution in [0.3, 0.4) is 0 Å². The lowest BCUT2D eigenvalue weighted by Gasteiger charge is -2.29. The minimum absolute atomic E-state index is 0.810. The summed E-state index contributed by atoms with van der Waals surface area (Å²) in [6.07, 6.45) is 0. The Morgan fingerprint density at radius 1 is 1.20 bits per heavy atom. The summed E-state index contributed by atoms with van der Waals surface area (Å²) in [6.45, 7) is 7.36.